The van der Waals surface area contributed by atoms with E-state index in [9.17, 15) is 4.79 Å². The van der Waals surface area contributed by atoms with Crippen LogP contribution >= 0.6 is 11.8 Å². The molecule has 0 N–H and O–H groups in total. The number of hydrogen-bond donors (Lipinski definition) is 0. The maximum Gasteiger partial charge on any atom is 0.348 e. The third-order valence-electron chi connectivity index (χ3n) is 3.37. The van der Waals surface area contributed by atoms with Crippen molar-refractivity contribution in [3.05, 3.63) is 91.0 Å². The van der Waals surface area contributed by atoms with E-state index in [4.69, 9.17) is 11.8 Å². The fourth-order valence-electron chi connectivity index (χ4n) is 2.28. The average Bonchev–Trinajstić information content (AvgIpc) is 2.64. The average molecular weight is 323 g/mol. The lowest BCUT2D eigenvalue weighted by Gasteiger charge is -2.26. The summed E-state index contributed by atoms with van der Waals surface area (Å²) in [5.41, 5.74) is 2.13. The molecule has 0 saturated carbocycles. The molecule has 0 spiro atoms. The van der Waals surface area contributed by atoms with Gasteiger partial charge < -0.3 is 0 Å². The highest BCUT2D eigenvalue weighted by atomic mass is 35.5. The first-order chi connectivity index (χ1) is 11.3. The number of nitrogens with zero attached hydrogens (tertiary/aromatic N) is 2. The van der Waals surface area contributed by atoms with Gasteiger partial charge in [-0.05, 0) is 36.4 Å². The predicted octanol–water partition coefficient (Wildman–Crippen LogP) is 5.61. The van der Waals surface area contributed by atoms with Gasteiger partial charge in [-0.25, -0.2) is 9.21 Å². The molecule has 23 heavy (non-hydrogen) atoms. The maximum absolute atomic E-state index is 13.0. The van der Waals surface area contributed by atoms with Gasteiger partial charge in [-0.3, -0.25) is 4.90 Å². The lowest BCUT2D eigenvalue weighted by atomic mass is 10.2. The molecule has 0 aliphatic carbocycles. The van der Waals surface area contributed by atoms with Crippen molar-refractivity contribution in [1.82, 2.24) is 0 Å². The molecular weight excluding hydrogens is 308 g/mol. The predicted molar refractivity (Wildman–Crippen MR) is 95.2 cm³/mol. The van der Waals surface area contributed by atoms with E-state index in [1.807, 2.05) is 78.9 Å². The molecule has 0 fully saturated rings. The summed E-state index contributed by atoms with van der Waals surface area (Å²) >= 11 is 6.29. The monoisotopic (exact) mass is 322 g/mol. The van der Waals surface area contributed by atoms with Crippen molar-refractivity contribution in [2.45, 2.75) is 0 Å². The summed E-state index contributed by atoms with van der Waals surface area (Å²) in [6.45, 7) is 0. The summed E-state index contributed by atoms with van der Waals surface area (Å²) in [6, 6.07) is 27.7. The minimum Gasteiger partial charge on any atom is -0.262 e. The molecule has 0 aromatic heterocycles. The Morgan fingerprint density at radius 1 is 0.609 bits per heavy atom. The Morgan fingerprint density at radius 3 is 1.35 bits per heavy atom. The number of rotatable bonds is 3. The van der Waals surface area contributed by atoms with E-state index in [1.54, 1.807) is 17.0 Å². The van der Waals surface area contributed by atoms with Crippen LogP contribution in [0.5, 0.6) is 0 Å². The Hall–Kier alpha value is -2.78. The smallest absolute Gasteiger partial charge is 0.262 e. The summed E-state index contributed by atoms with van der Waals surface area (Å²) in [6.07, 6.45) is 0. The normalized spacial score (nSPS) is 10.1. The van der Waals surface area contributed by atoms with Crippen molar-refractivity contribution in [2.75, 3.05) is 9.32 Å². The number of amides is 2. The molecule has 2 amide bonds. The molecule has 3 nitrogen and oxygen atoms in total. The summed E-state index contributed by atoms with van der Waals surface area (Å²) in [5, 5.41) is 0. The van der Waals surface area contributed by atoms with Crippen LogP contribution in [0, 0.1) is 0 Å². The zero-order valence-corrected chi connectivity index (χ0v) is 13.1. The number of para-hydroxylation sites is 3. The molecule has 0 aliphatic heterocycles. The molecule has 3 rings (SSSR count). The summed E-state index contributed by atoms with van der Waals surface area (Å²) in [7, 11) is 0. The van der Waals surface area contributed by atoms with Gasteiger partial charge in [0.1, 0.15) is 0 Å². The Balaban J connectivity index is 2.00. The van der Waals surface area contributed by atoms with E-state index < -0.39 is 0 Å². The summed E-state index contributed by atoms with van der Waals surface area (Å²) in [5.74, 6) is 0. The number of urea groups is 1. The van der Waals surface area contributed by atoms with Gasteiger partial charge in [0.15, 0.2) is 0 Å². The zero-order valence-electron chi connectivity index (χ0n) is 12.3. The number of benzene rings is 3. The maximum atomic E-state index is 13.0. The molecule has 4 heteroatoms. The standard InChI is InChI=1S/C19H15ClN2O/c20-22(18-14-8-3-9-15-18)19(23)21(16-10-4-1-5-11-16)17-12-6-2-7-13-17/h1-15H. The minimum absolute atomic E-state index is 0.338. The molecule has 0 saturated heterocycles. The second-order valence-electron chi connectivity index (χ2n) is 4.91. The highest BCUT2D eigenvalue weighted by Crippen LogP contribution is 2.29. The van der Waals surface area contributed by atoms with Crippen LogP contribution in [0.1, 0.15) is 0 Å². The number of anilines is 3. The second-order valence-corrected chi connectivity index (χ2v) is 5.24. The highest BCUT2D eigenvalue weighted by Gasteiger charge is 2.24. The second kappa shape index (κ2) is 6.99. The van der Waals surface area contributed by atoms with Crippen LogP contribution in [0.4, 0.5) is 21.9 Å². The number of halogens is 1. The Morgan fingerprint density at radius 2 is 0.957 bits per heavy atom. The van der Waals surface area contributed by atoms with Gasteiger partial charge in [-0.1, -0.05) is 54.6 Å². The summed E-state index contributed by atoms with van der Waals surface area (Å²) < 4.78 is 1.12. The Kier molecular flexibility index (Phi) is 4.60. The van der Waals surface area contributed by atoms with Gasteiger partial charge in [-0.2, -0.15) is 0 Å². The fraction of sp³-hybridized carbons (Fsp3) is 0. The van der Waals surface area contributed by atoms with E-state index in [-0.39, 0.29) is 6.03 Å². The molecule has 0 aliphatic rings. The quantitative estimate of drug-likeness (QED) is 0.575. The van der Waals surface area contributed by atoms with Crippen LogP contribution in [-0.4, -0.2) is 6.03 Å². The first-order valence-electron chi connectivity index (χ1n) is 7.22. The van der Waals surface area contributed by atoms with Crippen molar-refractivity contribution in [3.8, 4) is 0 Å². The molecule has 0 unspecified atom stereocenters. The number of carbonyl (C=O) groups is 1. The molecule has 3 aromatic carbocycles. The third-order valence-corrected chi connectivity index (χ3v) is 3.71. The first-order valence-corrected chi connectivity index (χ1v) is 7.56. The zero-order chi connectivity index (χ0) is 16.1. The number of hydrogen-bond acceptors (Lipinski definition) is 1. The largest absolute Gasteiger partial charge is 0.348 e. The van der Waals surface area contributed by atoms with Gasteiger partial charge in [-0.15, -0.1) is 0 Å². The SMILES string of the molecule is O=C(N(Cl)c1ccccc1)N(c1ccccc1)c1ccccc1. The van der Waals surface area contributed by atoms with Crippen LogP contribution in [-0.2, 0) is 0 Å². The van der Waals surface area contributed by atoms with Crippen LogP contribution in [0.15, 0.2) is 91.0 Å². The highest BCUT2D eigenvalue weighted by molar-refractivity contribution is 6.39. The van der Waals surface area contributed by atoms with Crippen molar-refractivity contribution in [2.24, 2.45) is 0 Å². The third kappa shape index (κ3) is 3.35. The lowest BCUT2D eigenvalue weighted by molar-refractivity contribution is 0.256. The van der Waals surface area contributed by atoms with E-state index in [0.717, 1.165) is 15.8 Å². The lowest BCUT2D eigenvalue weighted by Crippen LogP contribution is -2.35. The van der Waals surface area contributed by atoms with Crippen molar-refractivity contribution in [1.29, 1.82) is 0 Å². The van der Waals surface area contributed by atoms with Crippen LogP contribution in [0.25, 0.3) is 0 Å². The van der Waals surface area contributed by atoms with E-state index in [2.05, 4.69) is 0 Å². The Labute approximate surface area is 140 Å². The molecule has 0 radical (unpaired) electrons. The molecular formula is C19H15ClN2O. The fourth-order valence-corrected chi connectivity index (χ4v) is 2.47. The molecule has 3 aromatic rings. The topological polar surface area (TPSA) is 23.6 Å². The van der Waals surface area contributed by atoms with Crippen LogP contribution in [0.2, 0.25) is 0 Å². The van der Waals surface area contributed by atoms with Crippen molar-refractivity contribution < 1.29 is 4.79 Å². The van der Waals surface area contributed by atoms with E-state index in [1.165, 1.54) is 0 Å². The molecule has 0 atom stereocenters. The minimum atomic E-state index is -0.338. The van der Waals surface area contributed by atoms with Crippen LogP contribution < -0.4 is 9.32 Å². The van der Waals surface area contributed by atoms with E-state index >= 15 is 0 Å². The van der Waals surface area contributed by atoms with Gasteiger partial charge >= 0.3 is 6.03 Å². The molecule has 0 heterocycles. The van der Waals surface area contributed by atoms with Crippen molar-refractivity contribution >= 4 is 34.9 Å². The molecule has 114 valence electrons. The van der Waals surface area contributed by atoms with Gasteiger partial charge in [0.2, 0.25) is 0 Å². The molecule has 0 bridgehead atoms. The first kappa shape index (κ1) is 15.1. The van der Waals surface area contributed by atoms with Crippen molar-refractivity contribution in [3.63, 3.8) is 0 Å². The number of carbonyl (C=O) groups excluding carboxylic acids is 1. The Bertz CT molecular complexity index is 724. The summed E-state index contributed by atoms with van der Waals surface area (Å²) in [4.78, 5) is 14.5. The van der Waals surface area contributed by atoms with Gasteiger partial charge in [0.05, 0.1) is 17.1 Å². The van der Waals surface area contributed by atoms with E-state index in [0.29, 0.717) is 5.69 Å². The van der Waals surface area contributed by atoms with Gasteiger partial charge in [0, 0.05) is 11.8 Å². The van der Waals surface area contributed by atoms with Gasteiger partial charge in [0.25, 0.3) is 0 Å². The van der Waals surface area contributed by atoms with Crippen LogP contribution in [0.3, 0.4) is 0 Å².